The zero-order chi connectivity index (χ0) is 12.1. The van der Waals surface area contributed by atoms with Gasteiger partial charge in [-0.3, -0.25) is 0 Å². The van der Waals surface area contributed by atoms with Crippen molar-refractivity contribution in [1.82, 2.24) is 0 Å². The van der Waals surface area contributed by atoms with Crippen molar-refractivity contribution in [2.24, 2.45) is 11.1 Å². The van der Waals surface area contributed by atoms with Crippen LogP contribution in [-0.2, 0) is 0 Å². The summed E-state index contributed by atoms with van der Waals surface area (Å²) in [5.41, 5.74) is 7.43. The highest BCUT2D eigenvalue weighted by atomic mass is 14.8. The summed E-state index contributed by atoms with van der Waals surface area (Å²) in [4.78, 5) is 0. The van der Waals surface area contributed by atoms with Gasteiger partial charge in [-0.15, -0.1) is 0 Å². The van der Waals surface area contributed by atoms with Crippen LogP contribution in [0.1, 0.15) is 85.0 Å². The van der Waals surface area contributed by atoms with Crippen LogP contribution in [0.25, 0.3) is 0 Å². The summed E-state index contributed by atoms with van der Waals surface area (Å²) in [5, 5.41) is 0. The molecule has 1 atom stereocenters. The van der Waals surface area contributed by atoms with Gasteiger partial charge in [-0.25, -0.2) is 0 Å². The van der Waals surface area contributed by atoms with Crippen molar-refractivity contribution in [2.45, 2.75) is 90.5 Å². The summed E-state index contributed by atoms with van der Waals surface area (Å²) in [6.45, 7) is 6.92. The Morgan fingerprint density at radius 1 is 0.812 bits per heavy atom. The Bertz CT molecular complexity index is 184. The molecule has 1 nitrogen and oxygen atoms in total. The summed E-state index contributed by atoms with van der Waals surface area (Å²) in [6.07, 6.45) is 13.2. The van der Waals surface area contributed by atoms with E-state index in [2.05, 4.69) is 20.8 Å². The van der Waals surface area contributed by atoms with Gasteiger partial charge in [-0.1, -0.05) is 52.9 Å². The first kappa shape index (κ1) is 14.0. The van der Waals surface area contributed by atoms with Crippen molar-refractivity contribution in [3.05, 3.63) is 0 Å². The van der Waals surface area contributed by atoms with Crippen molar-refractivity contribution in [2.75, 3.05) is 0 Å². The van der Waals surface area contributed by atoms with E-state index in [0.29, 0.717) is 5.41 Å². The fourth-order valence-electron chi connectivity index (χ4n) is 4.08. The largest absolute Gasteiger partial charge is 0.325 e. The van der Waals surface area contributed by atoms with E-state index < -0.39 is 0 Å². The number of nitrogens with two attached hydrogens (primary N) is 1. The van der Waals surface area contributed by atoms with Gasteiger partial charge in [0.2, 0.25) is 0 Å². The maximum atomic E-state index is 6.82. The molecule has 0 amide bonds. The molecule has 0 aromatic heterocycles. The predicted molar refractivity (Wildman–Crippen MR) is 72.5 cm³/mol. The Balaban J connectivity index is 2.88. The second-order valence-corrected chi connectivity index (χ2v) is 5.89. The van der Waals surface area contributed by atoms with Crippen LogP contribution in [0.15, 0.2) is 0 Å². The predicted octanol–water partition coefficient (Wildman–Crippen LogP) is 4.64. The minimum atomic E-state index is 0.145. The van der Waals surface area contributed by atoms with Gasteiger partial charge in [0.05, 0.1) is 0 Å². The Labute approximate surface area is 102 Å². The monoisotopic (exact) mass is 225 g/mol. The zero-order valence-electron chi connectivity index (χ0n) is 11.6. The van der Waals surface area contributed by atoms with Crippen molar-refractivity contribution in [3.63, 3.8) is 0 Å². The lowest BCUT2D eigenvalue weighted by atomic mass is 9.56. The van der Waals surface area contributed by atoms with E-state index in [0.717, 1.165) is 0 Å². The fraction of sp³-hybridized carbons (Fsp3) is 1.00. The lowest BCUT2D eigenvalue weighted by molar-refractivity contribution is 0.0325. The van der Waals surface area contributed by atoms with Gasteiger partial charge in [-0.2, -0.15) is 0 Å². The molecule has 0 bridgehead atoms. The molecule has 0 saturated heterocycles. The van der Waals surface area contributed by atoms with Crippen molar-refractivity contribution in [1.29, 1.82) is 0 Å². The van der Waals surface area contributed by atoms with Crippen LogP contribution in [0.5, 0.6) is 0 Å². The van der Waals surface area contributed by atoms with E-state index in [1.165, 1.54) is 64.2 Å². The van der Waals surface area contributed by atoms with Crippen LogP contribution in [0.2, 0.25) is 0 Å². The Kier molecular flexibility index (Phi) is 5.30. The average molecular weight is 225 g/mol. The summed E-state index contributed by atoms with van der Waals surface area (Å²) in [7, 11) is 0. The van der Waals surface area contributed by atoms with Gasteiger partial charge in [0.15, 0.2) is 0 Å². The maximum absolute atomic E-state index is 6.82. The Morgan fingerprint density at radius 3 is 1.81 bits per heavy atom. The van der Waals surface area contributed by atoms with E-state index in [4.69, 9.17) is 5.73 Å². The van der Waals surface area contributed by atoms with Crippen molar-refractivity contribution in [3.8, 4) is 0 Å². The van der Waals surface area contributed by atoms with E-state index in [9.17, 15) is 0 Å². The molecule has 0 heterocycles. The quantitative estimate of drug-likeness (QED) is 0.700. The Hall–Kier alpha value is -0.0400. The van der Waals surface area contributed by atoms with Gasteiger partial charge < -0.3 is 5.73 Å². The van der Waals surface area contributed by atoms with Crippen LogP contribution < -0.4 is 5.73 Å². The molecule has 0 aliphatic heterocycles. The molecule has 1 rings (SSSR count). The topological polar surface area (TPSA) is 26.0 Å². The van der Waals surface area contributed by atoms with Gasteiger partial charge in [0.1, 0.15) is 0 Å². The molecule has 1 aliphatic carbocycles. The molecule has 16 heavy (non-hydrogen) atoms. The maximum Gasteiger partial charge on any atom is 0.0211 e. The standard InChI is InChI=1S/C15H31N/c1-4-9-14(10-5-2)12-7-8-13-15(14,16)11-6-3/h4-13,16H2,1-3H3. The second kappa shape index (κ2) is 6.05. The molecular weight excluding hydrogens is 194 g/mol. The van der Waals surface area contributed by atoms with Crippen molar-refractivity contribution < 1.29 is 0 Å². The molecule has 96 valence electrons. The van der Waals surface area contributed by atoms with E-state index in [1.807, 2.05) is 0 Å². The summed E-state index contributed by atoms with van der Waals surface area (Å²) in [6, 6.07) is 0. The highest BCUT2D eigenvalue weighted by molar-refractivity contribution is 5.04. The van der Waals surface area contributed by atoms with Crippen LogP contribution >= 0.6 is 0 Å². The molecule has 1 fully saturated rings. The van der Waals surface area contributed by atoms with Crippen LogP contribution in [0.4, 0.5) is 0 Å². The molecular formula is C15H31N. The normalized spacial score (nSPS) is 29.2. The van der Waals surface area contributed by atoms with E-state index >= 15 is 0 Å². The summed E-state index contributed by atoms with van der Waals surface area (Å²) in [5.74, 6) is 0. The van der Waals surface area contributed by atoms with Crippen molar-refractivity contribution >= 4 is 0 Å². The third-order valence-electron chi connectivity index (χ3n) is 4.74. The molecule has 0 aromatic rings. The molecule has 2 N–H and O–H groups in total. The lowest BCUT2D eigenvalue weighted by Gasteiger charge is -2.52. The number of hydrogen-bond donors (Lipinski definition) is 1. The second-order valence-electron chi connectivity index (χ2n) is 5.89. The van der Waals surface area contributed by atoms with Crippen LogP contribution in [-0.4, -0.2) is 5.54 Å². The summed E-state index contributed by atoms with van der Waals surface area (Å²) >= 11 is 0. The van der Waals surface area contributed by atoms with E-state index in [1.54, 1.807) is 0 Å². The van der Waals surface area contributed by atoms with E-state index in [-0.39, 0.29) is 5.54 Å². The third-order valence-corrected chi connectivity index (χ3v) is 4.74. The first-order chi connectivity index (χ1) is 7.64. The number of rotatable bonds is 6. The molecule has 1 heteroatoms. The first-order valence-corrected chi connectivity index (χ1v) is 7.43. The average Bonchev–Trinajstić information content (AvgIpc) is 2.24. The number of hydrogen-bond acceptors (Lipinski definition) is 1. The molecule has 1 aliphatic rings. The molecule has 1 saturated carbocycles. The summed E-state index contributed by atoms with van der Waals surface area (Å²) < 4.78 is 0. The lowest BCUT2D eigenvalue weighted by Crippen LogP contribution is -2.57. The van der Waals surface area contributed by atoms with Gasteiger partial charge >= 0.3 is 0 Å². The van der Waals surface area contributed by atoms with Crippen LogP contribution in [0.3, 0.4) is 0 Å². The molecule has 0 aromatic carbocycles. The SMILES string of the molecule is CCCC1(N)CCCCC1(CCC)CCC. The minimum absolute atomic E-state index is 0.145. The minimum Gasteiger partial charge on any atom is -0.325 e. The van der Waals surface area contributed by atoms with Gasteiger partial charge in [0, 0.05) is 5.54 Å². The fourth-order valence-corrected chi connectivity index (χ4v) is 4.08. The zero-order valence-corrected chi connectivity index (χ0v) is 11.6. The smallest absolute Gasteiger partial charge is 0.0211 e. The molecule has 1 unspecified atom stereocenters. The highest BCUT2D eigenvalue weighted by Crippen LogP contribution is 2.51. The highest BCUT2D eigenvalue weighted by Gasteiger charge is 2.47. The van der Waals surface area contributed by atoms with Crippen LogP contribution in [0, 0.1) is 5.41 Å². The van der Waals surface area contributed by atoms with Gasteiger partial charge in [0.25, 0.3) is 0 Å². The molecule has 0 spiro atoms. The molecule has 0 radical (unpaired) electrons. The Morgan fingerprint density at radius 2 is 1.31 bits per heavy atom. The van der Waals surface area contributed by atoms with Gasteiger partial charge in [-0.05, 0) is 37.5 Å². The first-order valence-electron chi connectivity index (χ1n) is 7.43. The third kappa shape index (κ3) is 2.61.